The van der Waals surface area contributed by atoms with Crippen LogP contribution in [-0.4, -0.2) is 31.2 Å². The topological polar surface area (TPSA) is 29.5 Å². The van der Waals surface area contributed by atoms with E-state index in [0.29, 0.717) is 6.61 Å². The molecule has 0 aromatic rings. The molecule has 0 unspecified atom stereocenters. The Morgan fingerprint density at radius 3 is 2.20 bits per heavy atom. The fraction of sp³-hybridized carbons (Fsp3) is 0.857. The summed E-state index contributed by atoms with van der Waals surface area (Å²) < 4.78 is 4.55. The molecule has 60 valence electrons. The highest BCUT2D eigenvalue weighted by atomic mass is 16.6. The molecular formula is C7H15NO2. The standard InChI is InChI=1S/C4H7NO2.C3H8/c1-5-2-3-7-4(5)6;1-3-2/h2-3H2,1H3;3H2,1-2H3. The largest absolute Gasteiger partial charge is 0.448 e. The number of rotatable bonds is 0. The summed E-state index contributed by atoms with van der Waals surface area (Å²) in [4.78, 5) is 11.8. The van der Waals surface area contributed by atoms with Crippen molar-refractivity contribution in [2.45, 2.75) is 20.3 Å². The third kappa shape index (κ3) is 3.33. The van der Waals surface area contributed by atoms with Crippen LogP contribution in [0.15, 0.2) is 0 Å². The molecule has 3 nitrogen and oxygen atoms in total. The summed E-state index contributed by atoms with van der Waals surface area (Å²) >= 11 is 0. The predicted octanol–water partition coefficient (Wildman–Crippen LogP) is 1.48. The van der Waals surface area contributed by atoms with Crippen LogP contribution in [0.4, 0.5) is 4.79 Å². The van der Waals surface area contributed by atoms with E-state index in [1.165, 1.54) is 6.42 Å². The third-order valence-corrected chi connectivity index (χ3v) is 0.964. The number of likely N-dealkylation sites (N-methyl/N-ethyl adjacent to an activating group) is 1. The molecule has 0 atom stereocenters. The van der Waals surface area contributed by atoms with Crippen molar-refractivity contribution < 1.29 is 9.53 Å². The van der Waals surface area contributed by atoms with Gasteiger partial charge in [-0.2, -0.15) is 0 Å². The molecule has 1 saturated heterocycles. The highest BCUT2D eigenvalue weighted by Crippen LogP contribution is 1.96. The third-order valence-electron chi connectivity index (χ3n) is 0.964. The lowest BCUT2D eigenvalue weighted by atomic mass is 10.6. The van der Waals surface area contributed by atoms with Crippen molar-refractivity contribution in [1.29, 1.82) is 0 Å². The summed E-state index contributed by atoms with van der Waals surface area (Å²) in [6, 6.07) is 0. The van der Waals surface area contributed by atoms with Gasteiger partial charge in [0, 0.05) is 7.05 Å². The summed E-state index contributed by atoms with van der Waals surface area (Å²) in [6.45, 7) is 5.54. The first-order chi connectivity index (χ1) is 4.72. The van der Waals surface area contributed by atoms with E-state index in [1.54, 1.807) is 11.9 Å². The molecule has 10 heavy (non-hydrogen) atoms. The second-order valence-electron chi connectivity index (χ2n) is 2.24. The first-order valence-corrected chi connectivity index (χ1v) is 3.60. The lowest BCUT2D eigenvalue weighted by molar-refractivity contribution is 0.163. The SMILES string of the molecule is CCC.CN1CCOC1=O. The highest BCUT2D eigenvalue weighted by Gasteiger charge is 2.15. The van der Waals surface area contributed by atoms with Crippen LogP contribution >= 0.6 is 0 Å². The Morgan fingerprint density at radius 2 is 2.10 bits per heavy atom. The van der Waals surface area contributed by atoms with E-state index >= 15 is 0 Å². The molecular weight excluding hydrogens is 130 g/mol. The maximum atomic E-state index is 10.3. The molecule has 0 aromatic carbocycles. The van der Waals surface area contributed by atoms with Crippen LogP contribution in [0.1, 0.15) is 20.3 Å². The predicted molar refractivity (Wildman–Crippen MR) is 39.9 cm³/mol. The van der Waals surface area contributed by atoms with Crippen molar-refractivity contribution >= 4 is 6.09 Å². The zero-order chi connectivity index (χ0) is 7.98. The Morgan fingerprint density at radius 1 is 1.60 bits per heavy atom. The van der Waals surface area contributed by atoms with Gasteiger partial charge in [-0.25, -0.2) is 4.79 Å². The molecule has 3 heteroatoms. The van der Waals surface area contributed by atoms with E-state index in [1.807, 2.05) is 0 Å². The lowest BCUT2D eigenvalue weighted by Gasteiger charge is -1.98. The first-order valence-electron chi connectivity index (χ1n) is 3.60. The van der Waals surface area contributed by atoms with E-state index in [4.69, 9.17) is 0 Å². The van der Waals surface area contributed by atoms with E-state index in [2.05, 4.69) is 18.6 Å². The fourth-order valence-electron chi connectivity index (χ4n) is 0.471. The minimum Gasteiger partial charge on any atom is -0.448 e. The summed E-state index contributed by atoms with van der Waals surface area (Å²) in [5.41, 5.74) is 0. The number of carbonyl (C=O) groups is 1. The molecule has 0 radical (unpaired) electrons. The van der Waals surface area contributed by atoms with Crippen molar-refractivity contribution in [2.75, 3.05) is 20.2 Å². The minimum absolute atomic E-state index is 0.208. The Hall–Kier alpha value is -0.730. The second kappa shape index (κ2) is 5.09. The number of hydrogen-bond donors (Lipinski definition) is 0. The zero-order valence-corrected chi connectivity index (χ0v) is 6.89. The van der Waals surface area contributed by atoms with E-state index in [9.17, 15) is 4.79 Å². The number of nitrogens with zero attached hydrogens (tertiary/aromatic N) is 1. The molecule has 0 saturated carbocycles. The Balaban J connectivity index is 0.000000236. The number of ether oxygens (including phenoxy) is 1. The zero-order valence-electron chi connectivity index (χ0n) is 6.89. The van der Waals surface area contributed by atoms with Crippen molar-refractivity contribution in [3.05, 3.63) is 0 Å². The van der Waals surface area contributed by atoms with Gasteiger partial charge in [-0.15, -0.1) is 0 Å². The minimum atomic E-state index is -0.208. The summed E-state index contributed by atoms with van der Waals surface area (Å²) in [7, 11) is 1.72. The molecule has 1 amide bonds. The van der Waals surface area contributed by atoms with Gasteiger partial charge in [0.15, 0.2) is 0 Å². The van der Waals surface area contributed by atoms with Crippen LogP contribution in [-0.2, 0) is 4.74 Å². The van der Waals surface area contributed by atoms with Gasteiger partial charge in [0.25, 0.3) is 0 Å². The van der Waals surface area contributed by atoms with Gasteiger partial charge in [-0.1, -0.05) is 20.3 Å². The Labute approximate surface area is 62.0 Å². The summed E-state index contributed by atoms with van der Waals surface area (Å²) in [5, 5.41) is 0. The maximum absolute atomic E-state index is 10.3. The van der Waals surface area contributed by atoms with Crippen molar-refractivity contribution in [3.8, 4) is 0 Å². The number of carbonyl (C=O) groups excluding carboxylic acids is 1. The molecule has 0 N–H and O–H groups in total. The van der Waals surface area contributed by atoms with E-state index in [0.717, 1.165) is 6.54 Å². The van der Waals surface area contributed by atoms with Crippen LogP contribution < -0.4 is 0 Å². The monoisotopic (exact) mass is 145 g/mol. The molecule has 1 fully saturated rings. The number of cyclic esters (lactones) is 1. The van der Waals surface area contributed by atoms with Crippen LogP contribution in [0.2, 0.25) is 0 Å². The van der Waals surface area contributed by atoms with E-state index < -0.39 is 0 Å². The highest BCUT2D eigenvalue weighted by molar-refractivity contribution is 5.68. The normalized spacial score (nSPS) is 15.9. The summed E-state index contributed by atoms with van der Waals surface area (Å²) in [6.07, 6.45) is 1.04. The summed E-state index contributed by atoms with van der Waals surface area (Å²) in [5.74, 6) is 0. The van der Waals surface area contributed by atoms with Crippen LogP contribution in [0.5, 0.6) is 0 Å². The van der Waals surface area contributed by atoms with Crippen LogP contribution in [0.3, 0.4) is 0 Å². The van der Waals surface area contributed by atoms with Crippen molar-refractivity contribution in [3.63, 3.8) is 0 Å². The van der Waals surface area contributed by atoms with Crippen LogP contribution in [0.25, 0.3) is 0 Å². The second-order valence-corrected chi connectivity index (χ2v) is 2.24. The lowest BCUT2D eigenvalue weighted by Crippen LogP contribution is -2.17. The van der Waals surface area contributed by atoms with Gasteiger partial charge in [0.2, 0.25) is 0 Å². The van der Waals surface area contributed by atoms with Crippen molar-refractivity contribution in [1.82, 2.24) is 4.90 Å². The smallest absolute Gasteiger partial charge is 0.409 e. The molecule has 0 aliphatic carbocycles. The van der Waals surface area contributed by atoms with Gasteiger partial charge in [0.1, 0.15) is 6.61 Å². The Kier molecular flexibility index (Phi) is 4.72. The van der Waals surface area contributed by atoms with Crippen LogP contribution in [0, 0.1) is 0 Å². The molecule has 1 aliphatic heterocycles. The molecule has 0 spiro atoms. The number of amides is 1. The molecule has 1 rings (SSSR count). The first kappa shape index (κ1) is 9.27. The van der Waals surface area contributed by atoms with Gasteiger partial charge in [-0.3, -0.25) is 0 Å². The maximum Gasteiger partial charge on any atom is 0.409 e. The molecule has 1 heterocycles. The van der Waals surface area contributed by atoms with E-state index in [-0.39, 0.29) is 6.09 Å². The molecule has 0 aromatic heterocycles. The molecule has 0 bridgehead atoms. The van der Waals surface area contributed by atoms with Gasteiger partial charge < -0.3 is 9.64 Å². The average Bonchev–Trinajstić information content (AvgIpc) is 2.19. The van der Waals surface area contributed by atoms with Gasteiger partial charge in [-0.05, 0) is 0 Å². The van der Waals surface area contributed by atoms with Gasteiger partial charge >= 0.3 is 6.09 Å². The molecule has 1 aliphatic rings. The number of hydrogen-bond acceptors (Lipinski definition) is 2. The van der Waals surface area contributed by atoms with Gasteiger partial charge in [0.05, 0.1) is 6.54 Å². The quantitative estimate of drug-likeness (QED) is 0.516. The average molecular weight is 145 g/mol. The van der Waals surface area contributed by atoms with Crippen molar-refractivity contribution in [2.24, 2.45) is 0 Å². The fourth-order valence-corrected chi connectivity index (χ4v) is 0.471. The Bertz CT molecular complexity index is 104.